The van der Waals surface area contributed by atoms with Gasteiger partial charge in [-0.1, -0.05) is 18.2 Å². The van der Waals surface area contributed by atoms with Crippen LogP contribution in [0.3, 0.4) is 0 Å². The van der Waals surface area contributed by atoms with E-state index in [9.17, 15) is 18.0 Å². The van der Waals surface area contributed by atoms with Crippen molar-refractivity contribution >= 4 is 11.6 Å². The SMILES string of the molecule is NC(=O)c1cc(Oc2ccccc2)ccc1N1CC[C@H](Oc2ccc(C(F)(F)F)cn2)C1. The van der Waals surface area contributed by atoms with E-state index in [2.05, 4.69) is 4.98 Å². The average Bonchev–Trinajstić information content (AvgIpc) is 3.22. The lowest BCUT2D eigenvalue weighted by Crippen LogP contribution is -2.27. The highest BCUT2D eigenvalue weighted by Crippen LogP contribution is 2.32. The van der Waals surface area contributed by atoms with Gasteiger partial charge in [-0.2, -0.15) is 13.2 Å². The number of para-hydroxylation sites is 1. The van der Waals surface area contributed by atoms with Gasteiger partial charge in [0.2, 0.25) is 5.88 Å². The highest BCUT2D eigenvalue weighted by molar-refractivity contribution is 5.99. The number of ether oxygens (including phenoxy) is 2. The number of hydrogen-bond donors (Lipinski definition) is 1. The number of carbonyl (C=O) groups excluding carboxylic acids is 1. The van der Waals surface area contributed by atoms with Crippen LogP contribution in [0.2, 0.25) is 0 Å². The lowest BCUT2D eigenvalue weighted by Gasteiger charge is -2.22. The minimum atomic E-state index is -4.45. The third-order valence-corrected chi connectivity index (χ3v) is 5.05. The van der Waals surface area contributed by atoms with Crippen LogP contribution in [-0.4, -0.2) is 30.1 Å². The van der Waals surface area contributed by atoms with Gasteiger partial charge < -0.3 is 20.1 Å². The first-order valence-corrected chi connectivity index (χ1v) is 9.91. The van der Waals surface area contributed by atoms with Crippen LogP contribution in [0, 0.1) is 0 Å². The topological polar surface area (TPSA) is 77.7 Å². The fourth-order valence-corrected chi connectivity index (χ4v) is 3.51. The standard InChI is InChI=1S/C23H20F3N3O3/c24-23(25,26)15-6-9-21(28-13-15)32-18-10-11-29(14-18)20-8-7-17(12-19(20)22(27)30)31-16-4-2-1-3-5-16/h1-9,12-13,18H,10-11,14H2,(H2,27,30)/t18-/m0/s1. The lowest BCUT2D eigenvalue weighted by molar-refractivity contribution is -0.137. The predicted molar refractivity (Wildman–Crippen MR) is 112 cm³/mol. The average molecular weight is 443 g/mol. The van der Waals surface area contributed by atoms with Crippen LogP contribution in [0.25, 0.3) is 0 Å². The van der Waals surface area contributed by atoms with Crippen molar-refractivity contribution in [2.45, 2.75) is 18.7 Å². The van der Waals surface area contributed by atoms with Gasteiger partial charge in [0.25, 0.3) is 5.91 Å². The molecule has 1 atom stereocenters. The molecule has 6 nitrogen and oxygen atoms in total. The van der Waals surface area contributed by atoms with Gasteiger partial charge in [-0.05, 0) is 36.4 Å². The normalized spacial score (nSPS) is 16.1. The molecule has 0 unspecified atom stereocenters. The number of amides is 1. The molecule has 0 radical (unpaired) electrons. The largest absolute Gasteiger partial charge is 0.472 e. The van der Waals surface area contributed by atoms with Crippen molar-refractivity contribution in [3.63, 3.8) is 0 Å². The second-order valence-corrected chi connectivity index (χ2v) is 7.32. The fourth-order valence-electron chi connectivity index (χ4n) is 3.51. The van der Waals surface area contributed by atoms with Gasteiger partial charge >= 0.3 is 6.18 Å². The molecule has 1 aliphatic heterocycles. The Hall–Kier alpha value is -3.75. The number of pyridine rings is 1. The van der Waals surface area contributed by atoms with Gasteiger partial charge in [0.05, 0.1) is 17.7 Å². The predicted octanol–water partition coefficient (Wildman–Crippen LogP) is 4.65. The smallest absolute Gasteiger partial charge is 0.417 e. The molecular formula is C23H20F3N3O3. The molecular weight excluding hydrogens is 423 g/mol. The van der Waals surface area contributed by atoms with Gasteiger partial charge in [-0.15, -0.1) is 0 Å². The second-order valence-electron chi connectivity index (χ2n) is 7.32. The molecule has 2 heterocycles. The van der Waals surface area contributed by atoms with Gasteiger partial charge in [0.15, 0.2) is 0 Å². The highest BCUT2D eigenvalue weighted by atomic mass is 19.4. The number of rotatable bonds is 6. The summed E-state index contributed by atoms with van der Waals surface area (Å²) < 4.78 is 49.6. The van der Waals surface area contributed by atoms with E-state index in [1.165, 1.54) is 6.07 Å². The minimum Gasteiger partial charge on any atom is -0.472 e. The number of primary amides is 1. The number of hydrogen-bond acceptors (Lipinski definition) is 5. The van der Waals surface area contributed by atoms with Gasteiger partial charge in [0.1, 0.15) is 17.6 Å². The molecule has 0 spiro atoms. The Labute approximate surface area is 182 Å². The molecule has 1 amide bonds. The molecule has 0 bridgehead atoms. The van der Waals surface area contributed by atoms with E-state index in [0.717, 1.165) is 12.3 Å². The van der Waals surface area contributed by atoms with Crippen molar-refractivity contribution in [3.05, 3.63) is 78.0 Å². The quantitative estimate of drug-likeness (QED) is 0.600. The molecule has 0 aliphatic carbocycles. The van der Waals surface area contributed by atoms with Crippen molar-refractivity contribution in [2.75, 3.05) is 18.0 Å². The molecule has 4 rings (SSSR count). The molecule has 9 heteroatoms. The Kier molecular flexibility index (Phi) is 5.89. The first-order chi connectivity index (χ1) is 15.3. The van der Waals surface area contributed by atoms with E-state index in [1.807, 2.05) is 23.1 Å². The Morgan fingerprint density at radius 3 is 2.50 bits per heavy atom. The number of carbonyl (C=O) groups is 1. The molecule has 3 aromatic rings. The van der Waals surface area contributed by atoms with Crippen molar-refractivity contribution < 1.29 is 27.4 Å². The summed E-state index contributed by atoms with van der Waals surface area (Å²) in [6.07, 6.45) is -3.38. The maximum absolute atomic E-state index is 12.7. The summed E-state index contributed by atoms with van der Waals surface area (Å²) in [6, 6.07) is 16.4. The Balaban J connectivity index is 1.45. The van der Waals surface area contributed by atoms with Gasteiger partial charge in [-0.3, -0.25) is 4.79 Å². The molecule has 1 aliphatic rings. The fraction of sp³-hybridized carbons (Fsp3) is 0.217. The Morgan fingerprint density at radius 2 is 1.84 bits per heavy atom. The summed E-state index contributed by atoms with van der Waals surface area (Å²) in [5, 5.41) is 0. The zero-order valence-electron chi connectivity index (χ0n) is 16.9. The molecule has 1 saturated heterocycles. The van der Waals surface area contributed by atoms with E-state index in [-0.39, 0.29) is 12.0 Å². The van der Waals surface area contributed by atoms with Crippen molar-refractivity contribution in [1.29, 1.82) is 0 Å². The number of halogens is 3. The molecule has 32 heavy (non-hydrogen) atoms. The highest BCUT2D eigenvalue weighted by Gasteiger charge is 2.31. The van der Waals surface area contributed by atoms with Crippen LogP contribution in [0.4, 0.5) is 18.9 Å². The summed E-state index contributed by atoms with van der Waals surface area (Å²) in [6.45, 7) is 1.02. The number of benzene rings is 2. The first kappa shape index (κ1) is 21.5. The van der Waals surface area contributed by atoms with Crippen LogP contribution in [-0.2, 0) is 6.18 Å². The molecule has 2 aromatic carbocycles. The molecule has 166 valence electrons. The summed E-state index contributed by atoms with van der Waals surface area (Å²) in [4.78, 5) is 17.8. The first-order valence-electron chi connectivity index (χ1n) is 9.91. The third kappa shape index (κ3) is 4.93. The van der Waals surface area contributed by atoms with Crippen LogP contribution in [0.5, 0.6) is 17.4 Å². The van der Waals surface area contributed by atoms with Gasteiger partial charge in [0, 0.05) is 30.9 Å². The van der Waals surface area contributed by atoms with E-state index in [4.69, 9.17) is 15.2 Å². The molecule has 0 saturated carbocycles. The van der Waals surface area contributed by atoms with Crippen molar-refractivity contribution in [2.24, 2.45) is 5.73 Å². The third-order valence-electron chi connectivity index (χ3n) is 5.05. The van der Waals surface area contributed by atoms with Gasteiger partial charge in [-0.25, -0.2) is 4.98 Å². The van der Waals surface area contributed by atoms with E-state index < -0.39 is 17.6 Å². The minimum absolute atomic E-state index is 0.117. The monoisotopic (exact) mass is 443 g/mol. The Morgan fingerprint density at radius 1 is 1.06 bits per heavy atom. The zero-order chi connectivity index (χ0) is 22.7. The van der Waals surface area contributed by atoms with Crippen LogP contribution >= 0.6 is 0 Å². The number of anilines is 1. The Bertz CT molecular complexity index is 1090. The summed E-state index contributed by atoms with van der Waals surface area (Å²) >= 11 is 0. The summed E-state index contributed by atoms with van der Waals surface area (Å²) in [5.41, 5.74) is 5.72. The summed E-state index contributed by atoms with van der Waals surface area (Å²) in [7, 11) is 0. The van der Waals surface area contributed by atoms with Crippen LogP contribution in [0.15, 0.2) is 66.9 Å². The van der Waals surface area contributed by atoms with E-state index in [1.54, 1.807) is 30.3 Å². The van der Waals surface area contributed by atoms with E-state index in [0.29, 0.717) is 42.3 Å². The van der Waals surface area contributed by atoms with Crippen LogP contribution in [0.1, 0.15) is 22.3 Å². The van der Waals surface area contributed by atoms with Crippen LogP contribution < -0.4 is 20.1 Å². The number of alkyl halides is 3. The maximum Gasteiger partial charge on any atom is 0.417 e. The molecule has 1 fully saturated rings. The maximum atomic E-state index is 12.7. The number of nitrogens with zero attached hydrogens (tertiary/aromatic N) is 2. The summed E-state index contributed by atoms with van der Waals surface area (Å²) in [5.74, 6) is 0.642. The van der Waals surface area contributed by atoms with Crippen molar-refractivity contribution in [1.82, 2.24) is 4.98 Å². The van der Waals surface area contributed by atoms with Crippen molar-refractivity contribution in [3.8, 4) is 17.4 Å². The molecule has 2 N–H and O–H groups in total. The zero-order valence-corrected chi connectivity index (χ0v) is 16.9. The number of aromatic nitrogens is 1. The van der Waals surface area contributed by atoms with E-state index >= 15 is 0 Å². The lowest BCUT2D eigenvalue weighted by atomic mass is 10.1. The number of nitrogens with two attached hydrogens (primary N) is 1. The second kappa shape index (κ2) is 8.78. The molecule has 1 aromatic heterocycles.